The topological polar surface area (TPSA) is 255 Å². The maximum absolute atomic E-state index is 13.6. The van der Waals surface area contributed by atoms with Crippen LogP contribution in [-0.2, 0) is 33.3 Å². The molecule has 8 amide bonds. The first kappa shape index (κ1) is 71.7. The molecule has 0 radical (unpaired) electrons. The molecule has 100 heavy (non-hydrogen) atoms. The van der Waals surface area contributed by atoms with Crippen molar-refractivity contribution in [2.24, 2.45) is 0 Å². The fraction of sp³-hybridized carbons (Fsp3) is 0.253. The van der Waals surface area contributed by atoms with Gasteiger partial charge in [-0.3, -0.25) is 53.1 Å². The van der Waals surface area contributed by atoms with Crippen LogP contribution in [0.4, 0.5) is 5.69 Å². The summed E-state index contributed by atoms with van der Waals surface area (Å²) in [5.41, 5.74) is 3.74. The van der Waals surface area contributed by atoms with Crippen LogP contribution in [0.15, 0.2) is 189 Å². The Morgan fingerprint density at radius 3 is 1.10 bits per heavy atom. The molecule has 0 aromatic heterocycles. The molecule has 4 aliphatic rings. The number of hydrogen-bond acceptors (Lipinski definition) is 16. The number of hydrogen-bond donors (Lipinski definition) is 0. The number of anilines is 1. The third-order valence-electron chi connectivity index (χ3n) is 18.2. The third kappa shape index (κ3) is 14.2. The van der Waals surface area contributed by atoms with Crippen LogP contribution < -0.4 is 14.4 Å². The van der Waals surface area contributed by atoms with Crippen LogP contribution in [0.3, 0.4) is 0 Å². The first-order valence-electron chi connectivity index (χ1n) is 32.6. The molecule has 0 aliphatic carbocycles. The van der Waals surface area contributed by atoms with Gasteiger partial charge in [0.1, 0.15) is 23.0 Å². The van der Waals surface area contributed by atoms with Crippen LogP contribution in [-0.4, -0.2) is 125 Å². The van der Waals surface area contributed by atoms with Gasteiger partial charge in [-0.15, -0.1) is 0 Å². The second-order valence-corrected chi connectivity index (χ2v) is 43.8. The summed E-state index contributed by atoms with van der Waals surface area (Å²) in [6, 6.07) is 47.1. The quantitative estimate of drug-likeness (QED) is 0.0451. The standard InChI is InChI=1S/C45H34N2O8S.C30H42N2O8SSi3/c1-27-5-13-31(14-6-27)54-32-15-7-28(8-16-32)45(2,3)29-9-17-33(18-10-29)55-34-19-11-30(12-20-34)47-43(50)38-24-22-36(26-40(38)44(47)51)56(52,53)35-21-23-37-39(25-35)42(49)46(4)41(37)48;1-9-10-17-42(3,4)39-44(7,8)40-43(5,6)18-11-16-32-29(35)24-15-13-22(20-26(24)30(32)36)41(37,38)21-12-14-23-25(19-21)28(34)31(2)27(23)33/h5-26H,1-4H3;12-15,19-20H,9-11,16-18H2,1-8H3. The summed E-state index contributed by atoms with van der Waals surface area (Å²) >= 11 is 0. The number of fused-ring (bicyclic) bond motifs is 4. The average Bonchev–Trinajstić information content (AvgIpc) is 1.54. The largest absolute Gasteiger partial charge is 0.457 e. The second kappa shape index (κ2) is 27.1. The SMILES string of the molecule is CCCC[Si](C)(C)O[Si](C)(C)O[Si](C)(C)CCCN1C(=O)c2ccc(S(=O)(=O)c3ccc4c(c3)C(=O)N(C)C4=O)cc2C1=O.Cc1ccc(Oc2ccc(C(C)(C)c3ccc(Oc4ccc(N5C(=O)c6ccc(S(=O)(=O)c7ccc8c(c7)C(=O)N(C)C8=O)cc6C5=O)cc4)cc3)cc2)cc1. The molecule has 0 atom stereocenters. The number of sulfone groups is 2. The number of rotatable bonds is 22. The Bertz CT molecular complexity index is 4940. The number of nitrogens with zero attached hydrogens (tertiary/aromatic N) is 4. The maximum atomic E-state index is 13.6. The molecule has 0 saturated carbocycles. The first-order chi connectivity index (χ1) is 47.0. The smallest absolute Gasteiger partial charge is 0.311 e. The van der Waals surface area contributed by atoms with Crippen molar-refractivity contribution >= 4 is 97.8 Å². The van der Waals surface area contributed by atoms with Crippen molar-refractivity contribution in [3.8, 4) is 23.0 Å². The fourth-order valence-corrected chi connectivity index (χ4v) is 29.7. The van der Waals surface area contributed by atoms with Gasteiger partial charge < -0.3 is 17.7 Å². The lowest BCUT2D eigenvalue weighted by Gasteiger charge is -2.39. The molecule has 0 saturated heterocycles. The Kier molecular flexibility index (Phi) is 19.5. The summed E-state index contributed by atoms with van der Waals surface area (Å²) in [6.07, 6.45) is 2.84. The first-order valence-corrected chi connectivity index (χ1v) is 44.6. The van der Waals surface area contributed by atoms with Gasteiger partial charge in [0.2, 0.25) is 19.7 Å². The van der Waals surface area contributed by atoms with E-state index in [9.17, 15) is 55.2 Å². The van der Waals surface area contributed by atoms with Gasteiger partial charge in [-0.25, -0.2) is 21.7 Å². The number of benzene rings is 8. The minimum Gasteiger partial charge on any atom is -0.457 e. The number of amides is 8. The van der Waals surface area contributed by atoms with Gasteiger partial charge >= 0.3 is 8.56 Å². The zero-order valence-electron chi connectivity index (χ0n) is 57.5. The lowest BCUT2D eigenvalue weighted by atomic mass is 9.78. The fourth-order valence-electron chi connectivity index (χ4n) is 12.9. The lowest BCUT2D eigenvalue weighted by molar-refractivity contribution is 0.0646. The van der Waals surface area contributed by atoms with Gasteiger partial charge in [-0.05, 0) is 209 Å². The molecule has 516 valence electrons. The van der Waals surface area contributed by atoms with Gasteiger partial charge in [0.15, 0.2) is 16.6 Å². The molecule has 0 unspecified atom stereocenters. The monoisotopic (exact) mass is 1440 g/mol. The summed E-state index contributed by atoms with van der Waals surface area (Å²) in [5, 5.41) is 0. The van der Waals surface area contributed by atoms with Gasteiger partial charge in [0, 0.05) is 26.1 Å². The summed E-state index contributed by atoms with van der Waals surface area (Å²) in [7, 11) is -12.1. The Balaban J connectivity index is 0.000000208. The van der Waals surface area contributed by atoms with Gasteiger partial charge in [-0.2, -0.15) is 0 Å². The number of carbonyl (C=O) groups excluding carboxylic acids is 8. The van der Waals surface area contributed by atoms with E-state index in [1.54, 1.807) is 24.3 Å². The highest BCUT2D eigenvalue weighted by Crippen LogP contribution is 2.39. The van der Waals surface area contributed by atoms with Gasteiger partial charge in [-0.1, -0.05) is 75.6 Å². The predicted molar refractivity (Wildman–Crippen MR) is 383 cm³/mol. The van der Waals surface area contributed by atoms with E-state index >= 15 is 0 Å². The molecule has 20 nitrogen and oxygen atoms in total. The van der Waals surface area contributed by atoms with Gasteiger partial charge in [0.05, 0.1) is 69.8 Å². The van der Waals surface area contributed by atoms with E-state index in [1.165, 1.54) is 85.2 Å². The second-order valence-electron chi connectivity index (χ2n) is 27.4. The van der Waals surface area contributed by atoms with Crippen molar-refractivity contribution in [1.29, 1.82) is 0 Å². The van der Waals surface area contributed by atoms with E-state index in [1.807, 2.05) is 67.6 Å². The molecule has 0 N–H and O–H groups in total. The molecule has 8 aromatic rings. The highest BCUT2D eigenvalue weighted by atomic mass is 32.2. The van der Waals surface area contributed by atoms with Crippen molar-refractivity contribution in [3.63, 3.8) is 0 Å². The molecular formula is C75H76N4O16S2Si3. The van der Waals surface area contributed by atoms with Crippen molar-refractivity contribution in [2.45, 2.75) is 123 Å². The zero-order chi connectivity index (χ0) is 72.3. The van der Waals surface area contributed by atoms with E-state index in [4.69, 9.17) is 17.7 Å². The van der Waals surface area contributed by atoms with E-state index in [0.717, 1.165) is 74.4 Å². The van der Waals surface area contributed by atoms with E-state index in [2.05, 4.69) is 72.2 Å². The minimum atomic E-state index is -4.22. The minimum absolute atomic E-state index is 0.00696. The van der Waals surface area contributed by atoms with Crippen molar-refractivity contribution in [2.75, 3.05) is 25.5 Å². The number of ether oxygens (including phenoxy) is 2. The van der Waals surface area contributed by atoms with Crippen LogP contribution in [0.25, 0.3) is 0 Å². The van der Waals surface area contributed by atoms with E-state index in [-0.39, 0.29) is 81.7 Å². The van der Waals surface area contributed by atoms with Crippen molar-refractivity contribution in [1.82, 2.24) is 14.7 Å². The van der Waals surface area contributed by atoms with Crippen LogP contribution in [0.5, 0.6) is 23.0 Å². The average molecular weight is 1440 g/mol. The summed E-state index contributed by atoms with van der Waals surface area (Å²) in [5.74, 6) is -1.87. The Morgan fingerprint density at radius 1 is 0.390 bits per heavy atom. The number of carbonyl (C=O) groups is 8. The highest BCUT2D eigenvalue weighted by Gasteiger charge is 2.43. The molecule has 25 heteroatoms. The Hall–Kier alpha value is -9.61. The molecule has 12 rings (SSSR count). The molecule has 4 aliphatic heterocycles. The number of unbranched alkanes of at least 4 members (excludes halogenated alkanes) is 1. The number of aryl methyl sites for hydroxylation is 1. The van der Waals surface area contributed by atoms with E-state index < -0.39 is 92.1 Å². The Morgan fingerprint density at radius 2 is 0.700 bits per heavy atom. The molecule has 0 bridgehead atoms. The molecule has 4 heterocycles. The molecule has 8 aromatic carbocycles. The predicted octanol–water partition coefficient (Wildman–Crippen LogP) is 14.4. The molecule has 0 fully saturated rings. The third-order valence-corrected chi connectivity index (χ3v) is 33.2. The summed E-state index contributed by atoms with van der Waals surface area (Å²) < 4.78 is 79.5. The van der Waals surface area contributed by atoms with Crippen LogP contribution in [0, 0.1) is 6.92 Å². The van der Waals surface area contributed by atoms with Crippen LogP contribution in [0.2, 0.25) is 51.4 Å². The van der Waals surface area contributed by atoms with Crippen molar-refractivity contribution < 1.29 is 72.9 Å². The van der Waals surface area contributed by atoms with Gasteiger partial charge in [0.25, 0.3) is 47.3 Å². The molecule has 0 spiro atoms. The number of imide groups is 4. The van der Waals surface area contributed by atoms with Crippen molar-refractivity contribution in [3.05, 3.63) is 231 Å². The normalized spacial score (nSPS) is 14.8. The van der Waals surface area contributed by atoms with Crippen LogP contribution >= 0.6 is 0 Å². The van der Waals surface area contributed by atoms with E-state index in [0.29, 0.717) is 17.9 Å². The summed E-state index contributed by atoms with van der Waals surface area (Å²) in [4.78, 5) is 106. The zero-order valence-corrected chi connectivity index (χ0v) is 62.2. The van der Waals surface area contributed by atoms with Crippen LogP contribution in [0.1, 0.15) is 140 Å². The molecular weight excluding hydrogens is 1360 g/mol. The lowest BCUT2D eigenvalue weighted by Crippen LogP contribution is -2.52. The maximum Gasteiger partial charge on any atom is 0.311 e. The Labute approximate surface area is 584 Å². The highest BCUT2D eigenvalue weighted by molar-refractivity contribution is 7.91. The summed E-state index contributed by atoms with van der Waals surface area (Å²) in [6.45, 7) is 21.6.